The number of hydrogen-bond donors (Lipinski definition) is 4. The molecule has 0 radical (unpaired) electrons. The van der Waals surface area contributed by atoms with Crippen molar-refractivity contribution in [3.8, 4) is 0 Å². The van der Waals surface area contributed by atoms with Crippen molar-refractivity contribution in [3.63, 3.8) is 0 Å². The van der Waals surface area contributed by atoms with E-state index in [1.54, 1.807) is 0 Å². The van der Waals surface area contributed by atoms with Crippen LogP contribution < -0.4 is 11.1 Å². The minimum absolute atomic E-state index is 0.0232. The van der Waals surface area contributed by atoms with Crippen LogP contribution in [0.5, 0.6) is 0 Å². The van der Waals surface area contributed by atoms with Gasteiger partial charge in [0.2, 0.25) is 0 Å². The zero-order valence-electron chi connectivity index (χ0n) is 12.6. The first-order chi connectivity index (χ1) is 10.7. The zero-order chi connectivity index (χ0) is 15.8. The Bertz CT molecular complexity index is 533. The fourth-order valence-electron chi connectivity index (χ4n) is 2.41. The molecule has 4 nitrogen and oxygen atoms in total. The molecule has 0 amide bonds. The molecule has 0 spiro atoms. The highest BCUT2D eigenvalue weighted by atomic mass is 16.3. The Morgan fingerprint density at radius 3 is 2.14 bits per heavy atom. The summed E-state index contributed by atoms with van der Waals surface area (Å²) in [5, 5.41) is 22.9. The van der Waals surface area contributed by atoms with E-state index in [1.165, 1.54) is 0 Å². The van der Waals surface area contributed by atoms with Gasteiger partial charge in [0.1, 0.15) is 0 Å². The summed E-state index contributed by atoms with van der Waals surface area (Å²) in [5.74, 6) is 0. The Kier molecular flexibility index (Phi) is 6.55. The third-order valence-corrected chi connectivity index (χ3v) is 3.77. The molecule has 0 aliphatic heterocycles. The molecular weight excluding hydrogens is 276 g/mol. The highest BCUT2D eigenvalue weighted by molar-refractivity contribution is 5.19. The molecule has 0 saturated heterocycles. The van der Waals surface area contributed by atoms with E-state index in [2.05, 4.69) is 5.32 Å². The lowest BCUT2D eigenvalue weighted by molar-refractivity contribution is 0.131. The number of aliphatic hydroxyl groups is 2. The summed E-state index contributed by atoms with van der Waals surface area (Å²) in [5.41, 5.74) is 8.16. The van der Waals surface area contributed by atoms with Crippen LogP contribution in [0.15, 0.2) is 60.7 Å². The second kappa shape index (κ2) is 8.66. The van der Waals surface area contributed by atoms with Crippen molar-refractivity contribution in [2.75, 3.05) is 13.2 Å². The third kappa shape index (κ3) is 4.93. The molecule has 2 aromatic rings. The van der Waals surface area contributed by atoms with Crippen molar-refractivity contribution >= 4 is 0 Å². The molecule has 0 fully saturated rings. The number of aliphatic hydroxyl groups excluding tert-OH is 2. The highest BCUT2D eigenvalue weighted by Crippen LogP contribution is 2.12. The van der Waals surface area contributed by atoms with Gasteiger partial charge in [0.15, 0.2) is 0 Å². The lowest BCUT2D eigenvalue weighted by atomic mass is 10.0. The second-order valence-electron chi connectivity index (χ2n) is 5.48. The van der Waals surface area contributed by atoms with Crippen LogP contribution in [0.2, 0.25) is 0 Å². The van der Waals surface area contributed by atoms with E-state index in [0.29, 0.717) is 13.0 Å². The standard InChI is InChI=1S/C18H24N2O2/c19-16(11-14-7-3-1-4-8-14)18(22)12-20-17(13-21)15-9-5-2-6-10-15/h1-10,16-18,20-22H,11-13,19H2/t16-,17+,18+/m0/s1. The minimum atomic E-state index is -0.669. The van der Waals surface area contributed by atoms with E-state index in [4.69, 9.17) is 5.73 Å². The Hall–Kier alpha value is -1.72. The summed E-state index contributed by atoms with van der Waals surface area (Å²) >= 11 is 0. The smallest absolute Gasteiger partial charge is 0.0818 e. The maximum atomic E-state index is 10.2. The van der Waals surface area contributed by atoms with Crippen molar-refractivity contribution in [2.45, 2.75) is 24.6 Å². The molecule has 5 N–H and O–H groups in total. The van der Waals surface area contributed by atoms with Crippen LogP contribution in [-0.4, -0.2) is 35.5 Å². The molecule has 0 unspecified atom stereocenters. The Balaban J connectivity index is 1.84. The molecular formula is C18H24N2O2. The fraction of sp³-hybridized carbons (Fsp3) is 0.333. The fourth-order valence-corrected chi connectivity index (χ4v) is 2.41. The van der Waals surface area contributed by atoms with Crippen molar-refractivity contribution in [1.29, 1.82) is 0 Å². The van der Waals surface area contributed by atoms with Gasteiger partial charge in [-0.1, -0.05) is 60.7 Å². The summed E-state index contributed by atoms with van der Waals surface area (Å²) in [6.07, 6.45) is -0.0447. The maximum Gasteiger partial charge on any atom is 0.0818 e. The molecule has 2 rings (SSSR count). The van der Waals surface area contributed by atoms with E-state index in [1.807, 2.05) is 60.7 Å². The van der Waals surface area contributed by atoms with Crippen LogP contribution in [0.3, 0.4) is 0 Å². The molecule has 0 saturated carbocycles. The monoisotopic (exact) mass is 300 g/mol. The molecule has 118 valence electrons. The van der Waals surface area contributed by atoms with Gasteiger partial charge < -0.3 is 21.3 Å². The highest BCUT2D eigenvalue weighted by Gasteiger charge is 2.17. The van der Waals surface area contributed by atoms with Gasteiger partial charge in [-0.25, -0.2) is 0 Å². The van der Waals surface area contributed by atoms with E-state index in [-0.39, 0.29) is 18.7 Å². The van der Waals surface area contributed by atoms with Crippen molar-refractivity contribution in [2.24, 2.45) is 5.73 Å². The lowest BCUT2D eigenvalue weighted by Gasteiger charge is -2.23. The summed E-state index contributed by atoms with van der Waals surface area (Å²) in [4.78, 5) is 0. The maximum absolute atomic E-state index is 10.2. The summed E-state index contributed by atoms with van der Waals surface area (Å²) < 4.78 is 0. The predicted octanol–water partition coefficient (Wildman–Crippen LogP) is 1.24. The van der Waals surface area contributed by atoms with Crippen molar-refractivity contribution in [1.82, 2.24) is 5.32 Å². The number of hydrogen-bond acceptors (Lipinski definition) is 4. The molecule has 0 aromatic heterocycles. The first-order valence-corrected chi connectivity index (χ1v) is 7.57. The normalized spacial score (nSPS) is 15.2. The van der Waals surface area contributed by atoms with Gasteiger partial charge in [0, 0.05) is 12.6 Å². The molecule has 0 heterocycles. The van der Waals surface area contributed by atoms with Crippen molar-refractivity contribution < 1.29 is 10.2 Å². The van der Waals surface area contributed by atoms with Crippen LogP contribution in [0, 0.1) is 0 Å². The average molecular weight is 300 g/mol. The van der Waals surface area contributed by atoms with Gasteiger partial charge in [0.05, 0.1) is 18.8 Å². The second-order valence-corrected chi connectivity index (χ2v) is 5.48. The number of nitrogens with two attached hydrogens (primary N) is 1. The first kappa shape index (κ1) is 16.6. The van der Waals surface area contributed by atoms with Crippen LogP contribution in [-0.2, 0) is 6.42 Å². The van der Waals surface area contributed by atoms with Gasteiger partial charge in [-0.3, -0.25) is 0 Å². The van der Waals surface area contributed by atoms with Crippen LogP contribution in [0.1, 0.15) is 17.2 Å². The SMILES string of the molecule is N[C@@H](Cc1ccccc1)[C@H](O)CN[C@H](CO)c1ccccc1. The van der Waals surface area contributed by atoms with Gasteiger partial charge in [-0.05, 0) is 17.5 Å². The molecule has 22 heavy (non-hydrogen) atoms. The Morgan fingerprint density at radius 2 is 1.55 bits per heavy atom. The zero-order valence-corrected chi connectivity index (χ0v) is 12.6. The number of rotatable bonds is 8. The number of benzene rings is 2. The van der Waals surface area contributed by atoms with E-state index < -0.39 is 6.10 Å². The van der Waals surface area contributed by atoms with Crippen LogP contribution >= 0.6 is 0 Å². The molecule has 4 heteroatoms. The topological polar surface area (TPSA) is 78.5 Å². The summed E-state index contributed by atoms with van der Waals surface area (Å²) in [6.45, 7) is 0.318. The molecule has 0 aliphatic rings. The largest absolute Gasteiger partial charge is 0.394 e. The number of nitrogens with one attached hydrogen (secondary N) is 1. The van der Waals surface area contributed by atoms with Crippen LogP contribution in [0.4, 0.5) is 0 Å². The lowest BCUT2D eigenvalue weighted by Crippen LogP contribution is -2.44. The van der Waals surface area contributed by atoms with Crippen LogP contribution in [0.25, 0.3) is 0 Å². The average Bonchev–Trinajstić information content (AvgIpc) is 2.57. The van der Waals surface area contributed by atoms with Gasteiger partial charge in [-0.2, -0.15) is 0 Å². The summed E-state index contributed by atoms with van der Waals surface area (Å²) in [7, 11) is 0. The minimum Gasteiger partial charge on any atom is -0.394 e. The Labute approximate surface area is 131 Å². The molecule has 0 aliphatic carbocycles. The van der Waals surface area contributed by atoms with Gasteiger partial charge in [0.25, 0.3) is 0 Å². The molecule has 3 atom stereocenters. The third-order valence-electron chi connectivity index (χ3n) is 3.77. The molecule has 0 bridgehead atoms. The van der Waals surface area contributed by atoms with E-state index >= 15 is 0 Å². The quantitative estimate of drug-likeness (QED) is 0.591. The summed E-state index contributed by atoms with van der Waals surface area (Å²) in [6, 6.07) is 19.0. The van der Waals surface area contributed by atoms with Crippen molar-refractivity contribution in [3.05, 3.63) is 71.8 Å². The van der Waals surface area contributed by atoms with E-state index in [9.17, 15) is 10.2 Å². The van der Waals surface area contributed by atoms with Gasteiger partial charge in [-0.15, -0.1) is 0 Å². The van der Waals surface area contributed by atoms with E-state index in [0.717, 1.165) is 11.1 Å². The van der Waals surface area contributed by atoms with Gasteiger partial charge >= 0.3 is 0 Å². The Morgan fingerprint density at radius 1 is 0.955 bits per heavy atom. The predicted molar refractivity (Wildman–Crippen MR) is 88.4 cm³/mol. The molecule has 2 aromatic carbocycles. The first-order valence-electron chi connectivity index (χ1n) is 7.57.